The minimum Gasteiger partial charge on any atom is -0.378 e. The van der Waals surface area contributed by atoms with Crippen LogP contribution in [0.1, 0.15) is 23.7 Å². The summed E-state index contributed by atoms with van der Waals surface area (Å²) in [4.78, 5) is 11.5. The summed E-state index contributed by atoms with van der Waals surface area (Å²) in [7, 11) is 0. The molecule has 0 amide bonds. The molecule has 1 aromatic heterocycles. The monoisotopic (exact) mass is 312 g/mol. The van der Waals surface area contributed by atoms with Gasteiger partial charge in [-0.05, 0) is 31.4 Å². The van der Waals surface area contributed by atoms with Gasteiger partial charge in [-0.25, -0.2) is 4.98 Å². The highest BCUT2D eigenvalue weighted by molar-refractivity contribution is 5.65. The number of ether oxygens (including phenoxy) is 1. The Balaban J connectivity index is 1.90. The molecule has 0 saturated carbocycles. The molecular weight excluding hydrogens is 288 g/mol. The molecule has 5 heteroatoms. The molecule has 23 heavy (non-hydrogen) atoms. The Labute approximate surface area is 137 Å². The van der Waals surface area contributed by atoms with E-state index in [1.165, 1.54) is 11.1 Å². The molecule has 1 fully saturated rings. The van der Waals surface area contributed by atoms with Gasteiger partial charge >= 0.3 is 0 Å². The largest absolute Gasteiger partial charge is 0.378 e. The lowest BCUT2D eigenvalue weighted by Crippen LogP contribution is -2.37. The molecule has 0 unspecified atom stereocenters. The topological polar surface area (TPSA) is 50.3 Å². The van der Waals surface area contributed by atoms with E-state index in [1.807, 2.05) is 13.0 Å². The quantitative estimate of drug-likeness (QED) is 0.939. The van der Waals surface area contributed by atoms with E-state index in [2.05, 4.69) is 47.2 Å². The molecular formula is C18H24N4O. The predicted octanol–water partition coefficient (Wildman–Crippen LogP) is 3.24. The van der Waals surface area contributed by atoms with Gasteiger partial charge in [0.15, 0.2) is 0 Å². The van der Waals surface area contributed by atoms with Crippen molar-refractivity contribution in [3.8, 4) is 0 Å². The average Bonchev–Trinajstić information content (AvgIpc) is 2.57. The zero-order valence-electron chi connectivity index (χ0n) is 14.1. The molecule has 0 aliphatic carbocycles. The third-order valence-electron chi connectivity index (χ3n) is 4.13. The third kappa shape index (κ3) is 3.62. The van der Waals surface area contributed by atoms with Crippen molar-refractivity contribution in [2.24, 2.45) is 0 Å². The summed E-state index contributed by atoms with van der Waals surface area (Å²) in [6.07, 6.45) is 0.990. The van der Waals surface area contributed by atoms with Crippen LogP contribution in [0.2, 0.25) is 0 Å². The molecule has 1 aliphatic rings. The van der Waals surface area contributed by atoms with Gasteiger partial charge in [0.1, 0.15) is 5.82 Å². The fraction of sp³-hybridized carbons (Fsp3) is 0.444. The number of aromatic nitrogens is 2. The zero-order valence-corrected chi connectivity index (χ0v) is 14.1. The van der Waals surface area contributed by atoms with E-state index in [4.69, 9.17) is 9.72 Å². The molecule has 1 N–H and O–H groups in total. The summed E-state index contributed by atoms with van der Waals surface area (Å²) in [5.74, 6) is 1.63. The van der Waals surface area contributed by atoms with Gasteiger partial charge in [-0.3, -0.25) is 0 Å². The lowest BCUT2D eigenvalue weighted by molar-refractivity contribution is 0.122. The highest BCUT2D eigenvalue weighted by Gasteiger charge is 2.15. The van der Waals surface area contributed by atoms with E-state index in [0.717, 1.165) is 55.9 Å². The van der Waals surface area contributed by atoms with Crippen molar-refractivity contribution >= 4 is 17.5 Å². The minimum absolute atomic E-state index is 0.734. The smallest absolute Gasteiger partial charge is 0.227 e. The lowest BCUT2D eigenvalue weighted by atomic mass is 10.1. The zero-order chi connectivity index (χ0) is 16.2. The van der Waals surface area contributed by atoms with Crippen LogP contribution in [0.15, 0.2) is 24.3 Å². The van der Waals surface area contributed by atoms with Crippen molar-refractivity contribution in [2.75, 3.05) is 36.5 Å². The number of morpholine rings is 1. The van der Waals surface area contributed by atoms with Crippen LogP contribution in [0.5, 0.6) is 0 Å². The number of rotatable bonds is 4. The summed E-state index contributed by atoms with van der Waals surface area (Å²) in [6, 6.07) is 8.38. The molecule has 3 rings (SSSR count). The van der Waals surface area contributed by atoms with Crippen molar-refractivity contribution in [3.05, 3.63) is 41.1 Å². The van der Waals surface area contributed by atoms with E-state index in [-0.39, 0.29) is 0 Å². The van der Waals surface area contributed by atoms with Gasteiger partial charge in [0.2, 0.25) is 5.95 Å². The minimum atomic E-state index is 0.734. The highest BCUT2D eigenvalue weighted by atomic mass is 16.5. The number of nitrogens with zero attached hydrogens (tertiary/aromatic N) is 3. The van der Waals surface area contributed by atoms with Crippen LogP contribution in [-0.2, 0) is 11.2 Å². The normalized spacial score (nSPS) is 14.8. The van der Waals surface area contributed by atoms with Gasteiger partial charge in [0.25, 0.3) is 0 Å². The molecule has 0 atom stereocenters. The van der Waals surface area contributed by atoms with Crippen LogP contribution in [0.3, 0.4) is 0 Å². The van der Waals surface area contributed by atoms with Gasteiger partial charge in [-0.2, -0.15) is 4.98 Å². The summed E-state index contributed by atoms with van der Waals surface area (Å²) < 4.78 is 5.41. The summed E-state index contributed by atoms with van der Waals surface area (Å²) in [6.45, 7) is 9.45. The number of aryl methyl sites for hydroxylation is 3. The average molecular weight is 312 g/mol. The maximum Gasteiger partial charge on any atom is 0.227 e. The number of benzene rings is 1. The first-order valence-corrected chi connectivity index (χ1v) is 8.21. The van der Waals surface area contributed by atoms with Gasteiger partial charge in [0, 0.05) is 30.5 Å². The van der Waals surface area contributed by atoms with Crippen LogP contribution in [-0.4, -0.2) is 36.3 Å². The van der Waals surface area contributed by atoms with E-state index in [0.29, 0.717) is 0 Å². The Morgan fingerprint density at radius 1 is 1.17 bits per heavy atom. The Kier molecular flexibility index (Phi) is 4.76. The first kappa shape index (κ1) is 15.7. The predicted molar refractivity (Wildman–Crippen MR) is 93.6 cm³/mol. The standard InChI is InChI=1S/C18H24N4O/c1-4-15-7-5-6-13(2)17(15)20-16-12-14(3)19-18(21-16)22-8-10-23-11-9-22/h5-7,12H,4,8-11H2,1-3H3,(H,19,20,21). The number of hydrogen-bond donors (Lipinski definition) is 1. The van der Waals surface area contributed by atoms with Crippen LogP contribution in [0.4, 0.5) is 17.5 Å². The van der Waals surface area contributed by atoms with E-state index in [1.54, 1.807) is 0 Å². The second kappa shape index (κ2) is 6.96. The van der Waals surface area contributed by atoms with Crippen LogP contribution < -0.4 is 10.2 Å². The Morgan fingerprint density at radius 3 is 2.70 bits per heavy atom. The van der Waals surface area contributed by atoms with Crippen LogP contribution in [0, 0.1) is 13.8 Å². The van der Waals surface area contributed by atoms with Crippen molar-refractivity contribution in [1.29, 1.82) is 0 Å². The highest BCUT2D eigenvalue weighted by Crippen LogP contribution is 2.25. The summed E-state index contributed by atoms with van der Waals surface area (Å²) in [5, 5.41) is 3.50. The number of hydrogen-bond acceptors (Lipinski definition) is 5. The van der Waals surface area contributed by atoms with Gasteiger partial charge < -0.3 is 15.0 Å². The SMILES string of the molecule is CCc1cccc(C)c1Nc1cc(C)nc(N2CCOCC2)n1. The van der Waals surface area contributed by atoms with Crippen molar-refractivity contribution < 1.29 is 4.74 Å². The van der Waals surface area contributed by atoms with Crippen molar-refractivity contribution in [3.63, 3.8) is 0 Å². The van der Waals surface area contributed by atoms with Gasteiger partial charge in [-0.15, -0.1) is 0 Å². The molecule has 0 radical (unpaired) electrons. The Bertz CT molecular complexity index is 681. The number of nitrogens with one attached hydrogen (secondary N) is 1. The fourth-order valence-electron chi connectivity index (χ4n) is 2.85. The molecule has 0 spiro atoms. The van der Waals surface area contributed by atoms with E-state index in [9.17, 15) is 0 Å². The van der Waals surface area contributed by atoms with E-state index >= 15 is 0 Å². The second-order valence-corrected chi connectivity index (χ2v) is 5.88. The summed E-state index contributed by atoms with van der Waals surface area (Å²) in [5.41, 5.74) is 4.65. The van der Waals surface area contributed by atoms with Crippen LogP contribution >= 0.6 is 0 Å². The number of para-hydroxylation sites is 1. The summed E-state index contributed by atoms with van der Waals surface area (Å²) >= 11 is 0. The number of anilines is 3. The molecule has 1 saturated heterocycles. The van der Waals surface area contributed by atoms with Gasteiger partial charge in [0.05, 0.1) is 13.2 Å². The first-order valence-electron chi connectivity index (χ1n) is 8.21. The molecule has 0 bridgehead atoms. The van der Waals surface area contributed by atoms with E-state index < -0.39 is 0 Å². The molecule has 5 nitrogen and oxygen atoms in total. The first-order chi connectivity index (χ1) is 11.2. The van der Waals surface area contributed by atoms with Crippen molar-refractivity contribution in [1.82, 2.24) is 9.97 Å². The maximum absolute atomic E-state index is 5.41. The Morgan fingerprint density at radius 2 is 1.96 bits per heavy atom. The lowest BCUT2D eigenvalue weighted by Gasteiger charge is -2.27. The molecule has 1 aliphatic heterocycles. The fourth-order valence-corrected chi connectivity index (χ4v) is 2.85. The molecule has 2 heterocycles. The molecule has 2 aromatic rings. The van der Waals surface area contributed by atoms with Crippen LogP contribution in [0.25, 0.3) is 0 Å². The maximum atomic E-state index is 5.41. The molecule has 1 aromatic carbocycles. The Hall–Kier alpha value is -2.14. The second-order valence-electron chi connectivity index (χ2n) is 5.88. The third-order valence-corrected chi connectivity index (χ3v) is 4.13. The van der Waals surface area contributed by atoms with Gasteiger partial charge in [-0.1, -0.05) is 25.1 Å². The molecule has 122 valence electrons. The van der Waals surface area contributed by atoms with Crippen molar-refractivity contribution in [2.45, 2.75) is 27.2 Å².